The molecule has 0 spiro atoms. The minimum absolute atomic E-state index is 0.0116. The van der Waals surface area contributed by atoms with Gasteiger partial charge in [-0.1, -0.05) is 48.5 Å². The van der Waals surface area contributed by atoms with Crippen LogP contribution in [0, 0.1) is 0 Å². The van der Waals surface area contributed by atoms with E-state index in [4.69, 9.17) is 9.47 Å². The first-order valence-corrected chi connectivity index (χ1v) is 11.8. The molecule has 1 N–H and O–H groups in total. The van der Waals surface area contributed by atoms with Crippen molar-refractivity contribution in [1.29, 1.82) is 0 Å². The van der Waals surface area contributed by atoms with Gasteiger partial charge in [-0.3, -0.25) is 0 Å². The van der Waals surface area contributed by atoms with Gasteiger partial charge in [0, 0.05) is 5.92 Å². The van der Waals surface area contributed by atoms with Crippen molar-refractivity contribution in [3.8, 4) is 11.1 Å². The highest BCUT2D eigenvalue weighted by atomic mass is 16.6. The first kappa shape index (κ1) is 24.8. The number of nitrogens with one attached hydrogen (secondary N) is 1. The number of carbonyl (C=O) groups excluding carboxylic acids is 2. The van der Waals surface area contributed by atoms with Crippen LogP contribution in [0.4, 0.5) is 4.79 Å². The average molecular weight is 454 g/mol. The topological polar surface area (TPSA) is 64.6 Å². The van der Waals surface area contributed by atoms with Crippen LogP contribution in [0.25, 0.3) is 11.1 Å². The Morgan fingerprint density at radius 3 is 2.06 bits per heavy atom. The van der Waals surface area contributed by atoms with Gasteiger partial charge in [-0.15, -0.1) is 0 Å². The van der Waals surface area contributed by atoms with Crippen molar-refractivity contribution in [1.82, 2.24) is 5.32 Å². The molecule has 2 aromatic rings. The Hall–Kier alpha value is -2.86. The molecule has 0 saturated heterocycles. The zero-order valence-corrected chi connectivity index (χ0v) is 20.3. The first-order chi connectivity index (χ1) is 15.8. The largest absolute Gasteiger partial charge is 0.464 e. The maximum Gasteiger partial charge on any atom is 0.407 e. The Labute approximate surface area is 197 Å². The highest BCUT2D eigenvalue weighted by Gasteiger charge is 2.29. The summed E-state index contributed by atoms with van der Waals surface area (Å²) in [6.45, 7) is 3.35. The number of amides is 1. The van der Waals surface area contributed by atoms with E-state index in [1.54, 1.807) is 6.92 Å². The summed E-state index contributed by atoms with van der Waals surface area (Å²) in [5.74, 6) is -0.447. The number of benzene rings is 2. The maximum atomic E-state index is 12.3. The third-order valence-electron chi connectivity index (χ3n) is 6.00. The number of hydrogen-bond donors (Lipinski definition) is 1. The lowest BCUT2D eigenvalue weighted by Crippen LogP contribution is -2.40. The molecular weight excluding hydrogens is 416 g/mol. The number of fused-ring (bicyclic) bond motifs is 3. The van der Waals surface area contributed by atoms with Crippen LogP contribution in [-0.2, 0) is 14.3 Å². The lowest BCUT2D eigenvalue weighted by molar-refractivity contribution is -0.870. The van der Waals surface area contributed by atoms with Crippen LogP contribution in [0.1, 0.15) is 49.7 Å². The fourth-order valence-corrected chi connectivity index (χ4v) is 4.22. The molecular formula is C27H37N2O4+. The van der Waals surface area contributed by atoms with Crippen molar-refractivity contribution in [3.63, 3.8) is 0 Å². The molecule has 6 heteroatoms. The number of unbranched alkanes of at least 4 members (excludes halogenated alkanes) is 3. The van der Waals surface area contributed by atoms with Crippen molar-refractivity contribution in [2.45, 2.75) is 44.6 Å². The van der Waals surface area contributed by atoms with Crippen LogP contribution >= 0.6 is 0 Å². The van der Waals surface area contributed by atoms with E-state index in [0.29, 0.717) is 6.61 Å². The number of carbonyl (C=O) groups is 2. The van der Waals surface area contributed by atoms with E-state index >= 15 is 0 Å². The lowest BCUT2D eigenvalue weighted by Gasteiger charge is -2.23. The number of esters is 1. The van der Waals surface area contributed by atoms with Gasteiger partial charge in [-0.2, -0.15) is 0 Å². The predicted octanol–water partition coefficient (Wildman–Crippen LogP) is 4.72. The maximum absolute atomic E-state index is 12.3. The van der Waals surface area contributed by atoms with Crippen molar-refractivity contribution in [2.75, 3.05) is 40.9 Å². The summed E-state index contributed by atoms with van der Waals surface area (Å²) in [7, 11) is 6.56. The Bertz CT molecular complexity index is 906. The number of hydrogen-bond acceptors (Lipinski definition) is 4. The van der Waals surface area contributed by atoms with Gasteiger partial charge in [0.1, 0.15) is 12.6 Å². The van der Waals surface area contributed by atoms with Crippen molar-refractivity contribution < 1.29 is 23.5 Å². The molecule has 0 heterocycles. The quantitative estimate of drug-likeness (QED) is 0.304. The highest BCUT2D eigenvalue weighted by molar-refractivity contribution is 5.81. The third-order valence-corrected chi connectivity index (χ3v) is 6.00. The molecule has 1 unspecified atom stereocenters. The Morgan fingerprint density at radius 1 is 0.879 bits per heavy atom. The summed E-state index contributed by atoms with van der Waals surface area (Å²) < 4.78 is 11.8. The van der Waals surface area contributed by atoms with E-state index < -0.39 is 18.1 Å². The molecule has 1 aliphatic carbocycles. The van der Waals surface area contributed by atoms with E-state index in [1.807, 2.05) is 24.3 Å². The second-order valence-corrected chi connectivity index (χ2v) is 9.79. The normalized spacial score (nSPS) is 13.7. The monoisotopic (exact) mass is 453 g/mol. The van der Waals surface area contributed by atoms with Gasteiger partial charge < -0.3 is 19.3 Å². The van der Waals surface area contributed by atoms with Crippen LogP contribution in [0.2, 0.25) is 0 Å². The molecule has 1 aliphatic rings. The van der Waals surface area contributed by atoms with Crippen molar-refractivity contribution in [3.05, 3.63) is 59.7 Å². The molecule has 1 atom stereocenters. The minimum Gasteiger partial charge on any atom is -0.464 e. The molecule has 2 aromatic carbocycles. The number of quaternary nitrogens is 1. The molecule has 0 fully saturated rings. The standard InChI is InChI=1S/C27H36N2O4/c1-20(26(30)32-18-12-6-5-11-17-29(2,3)4)28-27(31)33-19-25-23-15-9-7-13-21(23)22-14-8-10-16-24(22)25/h7-10,13-16,20,25H,5-6,11-12,17-19H2,1-4H3/p+1. The van der Waals surface area contributed by atoms with E-state index in [1.165, 1.54) is 11.1 Å². The molecule has 0 saturated carbocycles. The number of nitrogens with zero attached hydrogens (tertiary/aromatic N) is 1. The zero-order chi connectivity index (χ0) is 23.8. The smallest absolute Gasteiger partial charge is 0.407 e. The van der Waals surface area contributed by atoms with E-state index in [-0.39, 0.29) is 12.5 Å². The Morgan fingerprint density at radius 2 is 1.45 bits per heavy atom. The van der Waals surface area contributed by atoms with Gasteiger partial charge in [0.2, 0.25) is 0 Å². The second-order valence-electron chi connectivity index (χ2n) is 9.79. The molecule has 33 heavy (non-hydrogen) atoms. The van der Waals surface area contributed by atoms with Crippen LogP contribution < -0.4 is 5.32 Å². The first-order valence-electron chi connectivity index (χ1n) is 11.8. The fourth-order valence-electron chi connectivity index (χ4n) is 4.22. The zero-order valence-electron chi connectivity index (χ0n) is 20.3. The average Bonchev–Trinajstić information content (AvgIpc) is 3.10. The van der Waals surface area contributed by atoms with E-state index in [0.717, 1.165) is 47.8 Å². The number of rotatable bonds is 11. The summed E-state index contributed by atoms with van der Waals surface area (Å²) in [5, 5.41) is 2.59. The molecule has 1 amide bonds. The van der Waals surface area contributed by atoms with Gasteiger partial charge in [0.05, 0.1) is 34.3 Å². The van der Waals surface area contributed by atoms with Gasteiger partial charge in [-0.25, -0.2) is 9.59 Å². The van der Waals surface area contributed by atoms with Crippen LogP contribution in [0.15, 0.2) is 48.5 Å². The molecule has 0 radical (unpaired) electrons. The van der Waals surface area contributed by atoms with Gasteiger partial charge in [-0.05, 0) is 54.9 Å². The van der Waals surface area contributed by atoms with E-state index in [9.17, 15) is 9.59 Å². The van der Waals surface area contributed by atoms with E-state index in [2.05, 4.69) is 50.7 Å². The highest BCUT2D eigenvalue weighted by Crippen LogP contribution is 2.44. The fraction of sp³-hybridized carbons (Fsp3) is 0.481. The molecule has 0 bridgehead atoms. The molecule has 0 aliphatic heterocycles. The Balaban J connectivity index is 1.38. The summed E-state index contributed by atoms with van der Waals surface area (Å²) >= 11 is 0. The number of ether oxygens (including phenoxy) is 2. The lowest BCUT2D eigenvalue weighted by atomic mass is 9.98. The second kappa shape index (κ2) is 11.3. The van der Waals surface area contributed by atoms with Gasteiger partial charge >= 0.3 is 12.1 Å². The SMILES string of the molecule is CC(NC(=O)OCC1c2ccccc2-c2ccccc21)C(=O)OCCCCCC[N+](C)(C)C. The minimum atomic E-state index is -0.751. The van der Waals surface area contributed by atoms with Crippen LogP contribution in [0.3, 0.4) is 0 Å². The number of alkyl carbamates (subject to hydrolysis) is 1. The van der Waals surface area contributed by atoms with Crippen LogP contribution in [-0.4, -0.2) is 63.5 Å². The van der Waals surface area contributed by atoms with Gasteiger partial charge in [0.25, 0.3) is 0 Å². The molecule has 0 aromatic heterocycles. The predicted molar refractivity (Wildman–Crippen MR) is 130 cm³/mol. The third kappa shape index (κ3) is 7.06. The summed E-state index contributed by atoms with van der Waals surface area (Å²) in [6, 6.07) is 15.6. The summed E-state index contributed by atoms with van der Waals surface area (Å²) in [5.41, 5.74) is 4.66. The van der Waals surface area contributed by atoms with Crippen molar-refractivity contribution in [2.24, 2.45) is 0 Å². The molecule has 6 nitrogen and oxygen atoms in total. The molecule has 178 valence electrons. The summed E-state index contributed by atoms with van der Waals surface area (Å²) in [6.07, 6.45) is 3.54. The van der Waals surface area contributed by atoms with Crippen molar-refractivity contribution >= 4 is 12.1 Å². The van der Waals surface area contributed by atoms with Crippen LogP contribution in [0.5, 0.6) is 0 Å². The Kier molecular flexibility index (Phi) is 8.50. The summed E-state index contributed by atoms with van der Waals surface area (Å²) in [4.78, 5) is 24.5. The van der Waals surface area contributed by atoms with Gasteiger partial charge in [0.15, 0.2) is 0 Å². The molecule has 3 rings (SSSR count).